The molecule has 0 aromatic heterocycles. The summed E-state index contributed by atoms with van der Waals surface area (Å²) in [5.74, 6) is -0.213. The van der Waals surface area contributed by atoms with E-state index < -0.39 is 0 Å². The van der Waals surface area contributed by atoms with Gasteiger partial charge in [0.1, 0.15) is 0 Å². The minimum absolute atomic E-state index is 0.0327. The molecular weight excluding hydrogens is 224 g/mol. The lowest BCUT2D eigenvalue weighted by Gasteiger charge is -2.21. The van der Waals surface area contributed by atoms with Crippen molar-refractivity contribution in [2.24, 2.45) is 5.92 Å². The highest BCUT2D eigenvalue weighted by molar-refractivity contribution is 5.80. The van der Waals surface area contributed by atoms with Gasteiger partial charge in [-0.2, -0.15) is 0 Å². The fraction of sp³-hybridized carbons (Fsp3) is 0.909. The van der Waals surface area contributed by atoms with Crippen molar-refractivity contribution in [1.82, 2.24) is 10.6 Å². The quantitative estimate of drug-likeness (QED) is 0.522. The van der Waals surface area contributed by atoms with Gasteiger partial charge in [0.25, 0.3) is 0 Å². The first kappa shape index (κ1) is 14.4. The van der Waals surface area contributed by atoms with Crippen LogP contribution < -0.4 is 10.6 Å². The third kappa shape index (κ3) is 4.23. The van der Waals surface area contributed by atoms with Crippen molar-refractivity contribution in [2.45, 2.75) is 18.5 Å². The number of nitrogens with one attached hydrogen (secondary N) is 2. The Morgan fingerprint density at radius 1 is 1.59 bits per heavy atom. The number of rotatable bonds is 7. The van der Waals surface area contributed by atoms with E-state index in [9.17, 15) is 4.79 Å². The van der Waals surface area contributed by atoms with Crippen molar-refractivity contribution in [2.75, 3.05) is 40.6 Å². The first-order valence-corrected chi connectivity index (χ1v) is 5.88. The second-order valence-electron chi connectivity index (χ2n) is 4.21. The highest BCUT2D eigenvalue weighted by atomic mass is 16.5. The molecule has 6 heteroatoms. The lowest BCUT2D eigenvalue weighted by molar-refractivity contribution is -0.126. The molecule has 1 aliphatic heterocycles. The average Bonchev–Trinajstić information content (AvgIpc) is 2.77. The first-order valence-electron chi connectivity index (χ1n) is 5.88. The van der Waals surface area contributed by atoms with E-state index in [1.54, 1.807) is 7.11 Å². The summed E-state index contributed by atoms with van der Waals surface area (Å²) >= 11 is 0. The number of likely N-dealkylation sites (N-methyl/N-ethyl adjacent to an activating group) is 1. The number of carbonyl (C=O) groups excluding carboxylic acids is 1. The van der Waals surface area contributed by atoms with Crippen LogP contribution >= 0.6 is 0 Å². The molecule has 1 fully saturated rings. The number of aliphatic hydroxyl groups excluding tert-OH is 1. The first-order chi connectivity index (χ1) is 8.22. The van der Waals surface area contributed by atoms with Gasteiger partial charge in [0.15, 0.2) is 0 Å². The van der Waals surface area contributed by atoms with E-state index in [-0.39, 0.29) is 30.5 Å². The maximum Gasteiger partial charge on any atom is 0.227 e. The summed E-state index contributed by atoms with van der Waals surface area (Å²) in [5.41, 5.74) is 0. The van der Waals surface area contributed by atoms with Crippen LogP contribution in [0.1, 0.15) is 6.42 Å². The summed E-state index contributed by atoms with van der Waals surface area (Å²) in [4.78, 5) is 12.0. The van der Waals surface area contributed by atoms with E-state index in [1.807, 2.05) is 7.05 Å². The molecule has 1 heterocycles. The number of amides is 1. The maximum atomic E-state index is 12.0. The Morgan fingerprint density at radius 3 is 2.94 bits per heavy atom. The van der Waals surface area contributed by atoms with Crippen molar-refractivity contribution in [3.8, 4) is 0 Å². The average molecular weight is 246 g/mol. The summed E-state index contributed by atoms with van der Waals surface area (Å²) in [5, 5.41) is 14.8. The minimum Gasteiger partial charge on any atom is -0.396 e. The van der Waals surface area contributed by atoms with Crippen LogP contribution in [0.4, 0.5) is 0 Å². The summed E-state index contributed by atoms with van der Waals surface area (Å²) in [6.45, 7) is 1.44. The molecule has 6 nitrogen and oxygen atoms in total. The molecule has 0 aromatic carbocycles. The summed E-state index contributed by atoms with van der Waals surface area (Å²) in [7, 11) is 3.39. The van der Waals surface area contributed by atoms with E-state index in [0.29, 0.717) is 26.2 Å². The minimum atomic E-state index is -0.168. The monoisotopic (exact) mass is 246 g/mol. The molecule has 0 aromatic rings. The number of aliphatic hydroxyl groups is 1. The number of carbonyl (C=O) groups is 1. The molecule has 3 N–H and O–H groups in total. The molecule has 1 amide bonds. The zero-order valence-corrected chi connectivity index (χ0v) is 10.4. The predicted molar refractivity (Wildman–Crippen MR) is 62.7 cm³/mol. The molecule has 0 radical (unpaired) electrons. The molecular formula is C11H22N2O4. The van der Waals surface area contributed by atoms with Crippen LogP contribution in [-0.4, -0.2) is 63.7 Å². The van der Waals surface area contributed by atoms with E-state index in [0.717, 1.165) is 0 Å². The molecule has 0 saturated carbocycles. The Labute approximate surface area is 102 Å². The van der Waals surface area contributed by atoms with E-state index in [4.69, 9.17) is 14.6 Å². The van der Waals surface area contributed by atoms with Crippen LogP contribution in [0, 0.1) is 5.92 Å². The largest absolute Gasteiger partial charge is 0.396 e. The third-order valence-corrected chi connectivity index (χ3v) is 2.98. The van der Waals surface area contributed by atoms with E-state index >= 15 is 0 Å². The molecule has 1 saturated heterocycles. The van der Waals surface area contributed by atoms with E-state index in [2.05, 4.69) is 10.6 Å². The van der Waals surface area contributed by atoms with Gasteiger partial charge in [-0.3, -0.25) is 4.79 Å². The van der Waals surface area contributed by atoms with Gasteiger partial charge < -0.3 is 25.2 Å². The lowest BCUT2D eigenvalue weighted by Crippen LogP contribution is -2.47. The number of hydrogen-bond acceptors (Lipinski definition) is 5. The van der Waals surface area contributed by atoms with Crippen molar-refractivity contribution in [3.05, 3.63) is 0 Å². The van der Waals surface area contributed by atoms with Gasteiger partial charge in [-0.05, 0) is 13.5 Å². The normalized spacial score (nSPS) is 25.8. The van der Waals surface area contributed by atoms with E-state index in [1.165, 1.54) is 0 Å². The molecule has 3 atom stereocenters. The molecule has 1 rings (SSSR count). The molecule has 0 aliphatic carbocycles. The topological polar surface area (TPSA) is 79.8 Å². The van der Waals surface area contributed by atoms with Gasteiger partial charge in [0.2, 0.25) is 5.91 Å². The Balaban J connectivity index is 2.45. The number of methoxy groups -OCH3 is 1. The molecule has 100 valence electrons. The zero-order valence-electron chi connectivity index (χ0n) is 10.4. The predicted octanol–water partition coefficient (Wildman–Crippen LogP) is -1.27. The fourth-order valence-corrected chi connectivity index (χ4v) is 1.96. The molecule has 1 aliphatic rings. The lowest BCUT2D eigenvalue weighted by atomic mass is 10.0. The van der Waals surface area contributed by atoms with Crippen LogP contribution in [0.3, 0.4) is 0 Å². The van der Waals surface area contributed by atoms with Gasteiger partial charge in [0, 0.05) is 19.8 Å². The smallest absolute Gasteiger partial charge is 0.227 e. The highest BCUT2D eigenvalue weighted by Gasteiger charge is 2.33. The Morgan fingerprint density at radius 2 is 2.35 bits per heavy atom. The number of ether oxygens (including phenoxy) is 2. The second-order valence-corrected chi connectivity index (χ2v) is 4.21. The Bertz CT molecular complexity index is 232. The third-order valence-electron chi connectivity index (χ3n) is 2.98. The van der Waals surface area contributed by atoms with Gasteiger partial charge in [-0.25, -0.2) is 0 Å². The molecule has 0 bridgehead atoms. The van der Waals surface area contributed by atoms with Crippen molar-refractivity contribution in [3.63, 3.8) is 0 Å². The molecule has 3 unspecified atom stereocenters. The standard InChI is InChI=1S/C11H22N2O4/c1-12-10-7-17-6-9(10)11(15)13-8(3-4-14)5-16-2/h8-10,12,14H,3-7H2,1-2H3,(H,13,15). The second kappa shape index (κ2) is 7.60. The van der Waals surface area contributed by atoms with Crippen molar-refractivity contribution in [1.29, 1.82) is 0 Å². The molecule has 17 heavy (non-hydrogen) atoms. The Kier molecular flexibility index (Phi) is 6.43. The zero-order chi connectivity index (χ0) is 12.7. The maximum absolute atomic E-state index is 12.0. The van der Waals surface area contributed by atoms with Crippen molar-refractivity contribution >= 4 is 5.91 Å². The number of hydrogen-bond donors (Lipinski definition) is 3. The SMILES string of the molecule is CNC1COCC1C(=O)NC(CCO)COC. The van der Waals surface area contributed by atoms with Gasteiger partial charge in [-0.1, -0.05) is 0 Å². The van der Waals surface area contributed by atoms with Crippen LogP contribution in [0.5, 0.6) is 0 Å². The van der Waals surface area contributed by atoms with Crippen LogP contribution in [0.15, 0.2) is 0 Å². The van der Waals surface area contributed by atoms with Gasteiger partial charge >= 0.3 is 0 Å². The van der Waals surface area contributed by atoms with Gasteiger partial charge in [-0.15, -0.1) is 0 Å². The van der Waals surface area contributed by atoms with Crippen LogP contribution in [0.2, 0.25) is 0 Å². The van der Waals surface area contributed by atoms with Crippen LogP contribution in [-0.2, 0) is 14.3 Å². The van der Waals surface area contributed by atoms with Crippen molar-refractivity contribution < 1.29 is 19.4 Å². The summed E-state index contributed by atoms with van der Waals surface area (Å²) < 4.78 is 10.3. The highest BCUT2D eigenvalue weighted by Crippen LogP contribution is 2.13. The molecule has 0 spiro atoms. The fourth-order valence-electron chi connectivity index (χ4n) is 1.96. The van der Waals surface area contributed by atoms with Crippen LogP contribution in [0.25, 0.3) is 0 Å². The Hall–Kier alpha value is -0.690. The summed E-state index contributed by atoms with van der Waals surface area (Å²) in [6.07, 6.45) is 0.497. The summed E-state index contributed by atoms with van der Waals surface area (Å²) in [6, 6.07) is -0.0806. The van der Waals surface area contributed by atoms with Gasteiger partial charge in [0.05, 0.1) is 31.8 Å².